The molecule has 0 aliphatic carbocycles. The van der Waals surface area contributed by atoms with Crippen LogP contribution in [0, 0.1) is 5.82 Å². The van der Waals surface area contributed by atoms with E-state index in [1.807, 2.05) is 26.8 Å². The molecule has 1 aromatic heterocycles. The summed E-state index contributed by atoms with van der Waals surface area (Å²) in [6, 6.07) is 6.91. The van der Waals surface area contributed by atoms with Gasteiger partial charge in [-0.3, -0.25) is 9.48 Å². The summed E-state index contributed by atoms with van der Waals surface area (Å²) in [4.78, 5) is 26.4. The number of nitrogens with one attached hydrogen (secondary N) is 2. The number of halogens is 1. The van der Waals surface area contributed by atoms with Gasteiger partial charge in [-0.25, -0.2) is 9.18 Å². The van der Waals surface area contributed by atoms with Crippen LogP contribution >= 0.6 is 0 Å². The Hall–Kier alpha value is -2.90. The molecule has 0 saturated carbocycles. The molecule has 7 nitrogen and oxygen atoms in total. The zero-order chi connectivity index (χ0) is 21.1. The summed E-state index contributed by atoms with van der Waals surface area (Å²) in [6.45, 7) is 9.51. The van der Waals surface area contributed by atoms with E-state index in [0.29, 0.717) is 5.82 Å². The van der Waals surface area contributed by atoms with Crippen molar-refractivity contribution in [2.75, 3.05) is 17.2 Å². The molecule has 152 valence electrons. The largest absolute Gasteiger partial charge is 0.322 e. The minimum atomic E-state index is -0.546. The van der Waals surface area contributed by atoms with Crippen LogP contribution < -0.4 is 10.6 Å². The van der Waals surface area contributed by atoms with Crippen LogP contribution in [-0.2, 0) is 17.3 Å². The number of benzene rings is 1. The average Bonchev–Trinajstić information content (AvgIpc) is 2.95. The zero-order valence-electron chi connectivity index (χ0n) is 17.2. The molecule has 0 saturated heterocycles. The Balaban J connectivity index is 2.08. The molecule has 0 bridgehead atoms. The number of aromatic nitrogens is 2. The molecule has 2 aromatic rings. The lowest BCUT2D eigenvalue weighted by Crippen LogP contribution is -2.44. The molecule has 0 unspecified atom stereocenters. The number of nitrogens with zero attached hydrogens (tertiary/aromatic N) is 3. The van der Waals surface area contributed by atoms with Gasteiger partial charge in [-0.15, -0.1) is 0 Å². The van der Waals surface area contributed by atoms with Gasteiger partial charge in [0, 0.05) is 24.6 Å². The number of hydrogen-bond acceptors (Lipinski definition) is 3. The Labute approximate surface area is 164 Å². The predicted molar refractivity (Wildman–Crippen MR) is 108 cm³/mol. The van der Waals surface area contributed by atoms with E-state index in [2.05, 4.69) is 15.7 Å². The van der Waals surface area contributed by atoms with E-state index in [1.165, 1.54) is 17.0 Å². The number of anilines is 2. The molecule has 3 amide bonds. The van der Waals surface area contributed by atoms with Gasteiger partial charge >= 0.3 is 6.03 Å². The summed E-state index contributed by atoms with van der Waals surface area (Å²) < 4.78 is 15.4. The second-order valence-corrected chi connectivity index (χ2v) is 7.97. The van der Waals surface area contributed by atoms with Crippen molar-refractivity contribution in [2.24, 2.45) is 7.05 Å². The Morgan fingerprint density at radius 2 is 1.86 bits per heavy atom. The molecule has 0 radical (unpaired) electrons. The molecule has 2 rings (SSSR count). The maximum absolute atomic E-state index is 13.8. The standard InChI is InChI=1S/C20H28FN5O2/c1-13(2)26(19(28)22-15-10-8-7-9-14(15)21)12-18(27)23-17-11-16(20(3,4)5)24-25(17)6/h7-11,13H,12H2,1-6H3,(H,22,28)(H,23,27). The van der Waals surface area contributed by atoms with E-state index in [1.54, 1.807) is 37.7 Å². The fourth-order valence-corrected chi connectivity index (χ4v) is 2.53. The molecule has 1 heterocycles. The molecule has 8 heteroatoms. The van der Waals surface area contributed by atoms with Crippen molar-refractivity contribution in [2.45, 2.75) is 46.1 Å². The van der Waals surface area contributed by atoms with Gasteiger partial charge in [0.15, 0.2) is 0 Å². The van der Waals surface area contributed by atoms with Gasteiger partial charge in [0.2, 0.25) is 5.91 Å². The highest BCUT2D eigenvalue weighted by Gasteiger charge is 2.23. The highest BCUT2D eigenvalue weighted by molar-refractivity contribution is 5.96. The van der Waals surface area contributed by atoms with Gasteiger partial charge in [-0.05, 0) is 26.0 Å². The third-order valence-electron chi connectivity index (χ3n) is 4.23. The Bertz CT molecular complexity index is 855. The van der Waals surface area contributed by atoms with Crippen LogP contribution in [0.25, 0.3) is 0 Å². The van der Waals surface area contributed by atoms with Crippen LogP contribution in [0.5, 0.6) is 0 Å². The van der Waals surface area contributed by atoms with Crippen LogP contribution in [0.2, 0.25) is 0 Å². The summed E-state index contributed by atoms with van der Waals surface area (Å²) in [5, 5.41) is 9.71. The SMILES string of the molecule is CC(C)N(CC(=O)Nc1cc(C(C)(C)C)nn1C)C(=O)Nc1ccccc1F. The van der Waals surface area contributed by atoms with Gasteiger partial charge in [0.1, 0.15) is 18.2 Å². The van der Waals surface area contributed by atoms with Crippen molar-refractivity contribution >= 4 is 23.4 Å². The lowest BCUT2D eigenvalue weighted by Gasteiger charge is -2.26. The minimum Gasteiger partial charge on any atom is -0.313 e. The first-order valence-corrected chi connectivity index (χ1v) is 9.15. The van der Waals surface area contributed by atoms with Crippen LogP contribution in [0.1, 0.15) is 40.3 Å². The van der Waals surface area contributed by atoms with E-state index in [4.69, 9.17) is 0 Å². The number of carbonyl (C=O) groups excluding carboxylic acids is 2. The topological polar surface area (TPSA) is 79.3 Å². The molecular weight excluding hydrogens is 361 g/mol. The number of aryl methyl sites for hydroxylation is 1. The smallest absolute Gasteiger partial charge is 0.313 e. The molecule has 1 aromatic carbocycles. The van der Waals surface area contributed by atoms with Crippen LogP contribution in [-0.4, -0.2) is 39.2 Å². The van der Waals surface area contributed by atoms with Crippen LogP contribution in [0.4, 0.5) is 20.7 Å². The molecule has 0 fully saturated rings. The summed E-state index contributed by atoms with van der Waals surface area (Å²) in [5.41, 5.74) is 0.771. The van der Waals surface area contributed by atoms with Gasteiger partial charge < -0.3 is 15.5 Å². The van der Waals surface area contributed by atoms with Gasteiger partial charge in [-0.1, -0.05) is 32.9 Å². The first kappa shape index (κ1) is 21.4. The third kappa shape index (κ3) is 5.31. The lowest BCUT2D eigenvalue weighted by molar-refractivity contribution is -0.117. The van der Waals surface area contributed by atoms with E-state index in [-0.39, 0.29) is 29.6 Å². The highest BCUT2D eigenvalue weighted by Crippen LogP contribution is 2.23. The van der Waals surface area contributed by atoms with Crippen molar-refractivity contribution in [1.29, 1.82) is 0 Å². The molecule has 0 atom stereocenters. The van der Waals surface area contributed by atoms with E-state index in [0.717, 1.165) is 5.69 Å². The van der Waals surface area contributed by atoms with Crippen molar-refractivity contribution in [1.82, 2.24) is 14.7 Å². The molecule has 2 N–H and O–H groups in total. The van der Waals surface area contributed by atoms with Crippen molar-refractivity contribution in [3.63, 3.8) is 0 Å². The van der Waals surface area contributed by atoms with Gasteiger partial charge in [-0.2, -0.15) is 5.10 Å². The first-order chi connectivity index (χ1) is 13.0. The number of hydrogen-bond donors (Lipinski definition) is 2. The van der Waals surface area contributed by atoms with Crippen molar-refractivity contribution in [3.05, 3.63) is 41.8 Å². The average molecular weight is 389 g/mol. The van der Waals surface area contributed by atoms with Gasteiger partial charge in [0.05, 0.1) is 11.4 Å². The molecular formula is C20H28FN5O2. The monoisotopic (exact) mass is 389 g/mol. The van der Waals surface area contributed by atoms with Crippen molar-refractivity contribution in [3.8, 4) is 0 Å². The third-order valence-corrected chi connectivity index (χ3v) is 4.23. The van der Waals surface area contributed by atoms with Crippen LogP contribution in [0.15, 0.2) is 30.3 Å². The van der Waals surface area contributed by atoms with Gasteiger partial charge in [0.25, 0.3) is 0 Å². The second-order valence-electron chi connectivity index (χ2n) is 7.97. The predicted octanol–water partition coefficient (Wildman–Crippen LogP) is 3.74. The van der Waals surface area contributed by atoms with E-state index in [9.17, 15) is 14.0 Å². The lowest BCUT2D eigenvalue weighted by atomic mass is 9.92. The molecule has 0 aliphatic rings. The quantitative estimate of drug-likeness (QED) is 0.818. The normalized spacial score (nSPS) is 11.4. The number of carbonyl (C=O) groups is 2. The fourth-order valence-electron chi connectivity index (χ4n) is 2.53. The minimum absolute atomic E-state index is 0.0695. The fraction of sp³-hybridized carbons (Fsp3) is 0.450. The molecule has 0 aliphatic heterocycles. The molecule has 0 spiro atoms. The Kier molecular flexibility index (Phi) is 6.43. The summed E-state index contributed by atoms with van der Waals surface area (Å²) in [6.07, 6.45) is 0. The Morgan fingerprint density at radius 1 is 1.21 bits per heavy atom. The van der Waals surface area contributed by atoms with Crippen LogP contribution in [0.3, 0.4) is 0 Å². The second kappa shape index (κ2) is 8.41. The van der Waals surface area contributed by atoms with E-state index < -0.39 is 11.8 Å². The number of rotatable bonds is 5. The molecule has 28 heavy (non-hydrogen) atoms. The number of para-hydroxylation sites is 1. The maximum Gasteiger partial charge on any atom is 0.322 e. The summed E-state index contributed by atoms with van der Waals surface area (Å²) in [5.74, 6) is -0.345. The number of urea groups is 1. The summed E-state index contributed by atoms with van der Waals surface area (Å²) >= 11 is 0. The highest BCUT2D eigenvalue weighted by atomic mass is 19.1. The zero-order valence-corrected chi connectivity index (χ0v) is 17.2. The number of amides is 3. The van der Waals surface area contributed by atoms with Crippen molar-refractivity contribution < 1.29 is 14.0 Å². The first-order valence-electron chi connectivity index (χ1n) is 9.15. The Morgan fingerprint density at radius 3 is 2.39 bits per heavy atom. The van der Waals surface area contributed by atoms with E-state index >= 15 is 0 Å². The maximum atomic E-state index is 13.8. The summed E-state index contributed by atoms with van der Waals surface area (Å²) in [7, 11) is 1.75.